The molecule has 336 valence electrons. The maximum Gasteiger partial charge on any atom is 0.407 e. The highest BCUT2D eigenvalue weighted by Gasteiger charge is 2.42. The lowest BCUT2D eigenvalue weighted by atomic mass is 9.81. The van der Waals surface area contributed by atoms with E-state index in [9.17, 15) is 9.59 Å². The van der Waals surface area contributed by atoms with Crippen LogP contribution in [0.2, 0.25) is 0 Å². The van der Waals surface area contributed by atoms with Gasteiger partial charge in [0.1, 0.15) is 12.6 Å². The summed E-state index contributed by atoms with van der Waals surface area (Å²) in [6.45, 7) is 20.9. The molecule has 0 atom stereocenters. The molecule has 0 saturated carbocycles. The maximum atomic E-state index is 12.5. The molecule has 61 heavy (non-hydrogen) atoms. The number of amides is 2. The van der Waals surface area contributed by atoms with Crippen molar-refractivity contribution in [2.24, 2.45) is 0 Å². The lowest BCUT2D eigenvalue weighted by Crippen LogP contribution is -2.34. The molecule has 2 amide bonds. The number of nitrogens with one attached hydrogen (secondary N) is 2. The van der Waals surface area contributed by atoms with Gasteiger partial charge in [0.2, 0.25) is 11.6 Å². The Hall–Kier alpha value is -4.33. The van der Waals surface area contributed by atoms with Crippen LogP contribution >= 0.6 is 0 Å². The van der Waals surface area contributed by atoms with E-state index in [1.54, 1.807) is 0 Å². The van der Waals surface area contributed by atoms with E-state index in [0.29, 0.717) is 85.6 Å². The van der Waals surface area contributed by atoms with E-state index in [0.717, 1.165) is 25.8 Å². The van der Waals surface area contributed by atoms with Gasteiger partial charge < -0.3 is 44.0 Å². The predicted molar refractivity (Wildman–Crippen MR) is 243 cm³/mol. The highest BCUT2D eigenvalue weighted by molar-refractivity contribution is 6.03. The number of hydrogen-bond acceptors (Lipinski definition) is 9. The fraction of sp³-hybridized carbons (Fsp3) is 0.571. The largest absolute Gasteiger partial charge is 0.444 e. The van der Waals surface area contributed by atoms with Crippen LogP contribution in [0.1, 0.15) is 85.3 Å². The summed E-state index contributed by atoms with van der Waals surface area (Å²) in [6, 6.07) is 17.4. The van der Waals surface area contributed by atoms with Crippen molar-refractivity contribution in [3.63, 3.8) is 0 Å². The van der Waals surface area contributed by atoms with Crippen LogP contribution in [-0.2, 0) is 44.0 Å². The Labute approximate surface area is 365 Å². The minimum Gasteiger partial charge on any atom is -0.444 e. The average Bonchev–Trinajstić information content (AvgIpc) is 3.55. The van der Waals surface area contributed by atoms with E-state index in [-0.39, 0.29) is 16.7 Å². The molecule has 4 rings (SSSR count). The molecule has 0 unspecified atom stereocenters. The highest BCUT2D eigenvalue weighted by Crippen LogP contribution is 2.47. The second kappa shape index (κ2) is 24.9. The number of carbonyl (C=O) groups excluding carboxylic acids is 2. The average molecular weight is 846 g/mol. The quantitative estimate of drug-likeness (QED) is 0.0528. The van der Waals surface area contributed by atoms with Gasteiger partial charge in [0.15, 0.2) is 5.71 Å². The van der Waals surface area contributed by atoms with Crippen molar-refractivity contribution >= 4 is 29.1 Å². The molecule has 12 nitrogen and oxygen atoms in total. The number of allylic oxidation sites excluding steroid dienone is 6. The SMILES string of the molecule is C[N+]1=C(\C=C/C=C/C=C2/N(CCCCCC(=O)NCCOCCOCCOCCOCCOCCNC(=O)OC(C)(C)C)c3ccccc3C2(C)C)C(C)(C)c2ccccc21. The predicted octanol–water partition coefficient (Wildman–Crippen LogP) is 7.77. The van der Waals surface area contributed by atoms with Gasteiger partial charge in [-0.2, -0.15) is 4.58 Å². The minimum atomic E-state index is -0.519. The third-order valence-electron chi connectivity index (χ3n) is 10.7. The van der Waals surface area contributed by atoms with Crippen LogP contribution in [-0.4, -0.2) is 121 Å². The molecule has 0 fully saturated rings. The Morgan fingerprint density at radius 3 is 1.84 bits per heavy atom. The van der Waals surface area contributed by atoms with E-state index in [1.807, 2.05) is 20.8 Å². The van der Waals surface area contributed by atoms with E-state index < -0.39 is 11.7 Å². The van der Waals surface area contributed by atoms with Crippen LogP contribution < -0.4 is 15.5 Å². The minimum absolute atomic E-state index is 0.0478. The van der Waals surface area contributed by atoms with Crippen LogP contribution in [0.4, 0.5) is 16.2 Å². The van der Waals surface area contributed by atoms with E-state index >= 15 is 0 Å². The van der Waals surface area contributed by atoms with Gasteiger partial charge in [-0.05, 0) is 65.2 Å². The smallest absolute Gasteiger partial charge is 0.407 e. The summed E-state index contributed by atoms with van der Waals surface area (Å²) in [5.41, 5.74) is 7.14. The Morgan fingerprint density at radius 1 is 0.672 bits per heavy atom. The summed E-state index contributed by atoms with van der Waals surface area (Å²) < 4.78 is 35.0. The molecule has 2 aromatic rings. The molecule has 0 bridgehead atoms. The molecular weight excluding hydrogens is 773 g/mol. The number of benzene rings is 2. The fourth-order valence-electron chi connectivity index (χ4n) is 7.65. The molecule has 0 saturated heterocycles. The van der Waals surface area contributed by atoms with E-state index in [2.05, 4.69) is 134 Å². The Balaban J connectivity index is 1.01. The number of para-hydroxylation sites is 2. The van der Waals surface area contributed by atoms with Crippen molar-refractivity contribution in [1.29, 1.82) is 0 Å². The summed E-state index contributed by atoms with van der Waals surface area (Å²) in [7, 11) is 2.15. The highest BCUT2D eigenvalue weighted by atomic mass is 16.6. The van der Waals surface area contributed by atoms with Gasteiger partial charge in [-0.15, -0.1) is 0 Å². The number of ether oxygens (including phenoxy) is 6. The van der Waals surface area contributed by atoms with Crippen LogP contribution in [0, 0.1) is 0 Å². The van der Waals surface area contributed by atoms with Crippen molar-refractivity contribution in [2.75, 3.05) is 97.7 Å². The van der Waals surface area contributed by atoms with Crippen LogP contribution in [0.25, 0.3) is 0 Å². The van der Waals surface area contributed by atoms with Gasteiger partial charge in [-0.1, -0.05) is 74.9 Å². The Morgan fingerprint density at radius 2 is 1.23 bits per heavy atom. The van der Waals surface area contributed by atoms with E-state index in [4.69, 9.17) is 28.4 Å². The number of hydrogen-bond donors (Lipinski definition) is 2. The van der Waals surface area contributed by atoms with E-state index in [1.165, 1.54) is 33.9 Å². The summed E-state index contributed by atoms with van der Waals surface area (Å²) >= 11 is 0. The maximum absolute atomic E-state index is 12.5. The van der Waals surface area contributed by atoms with Gasteiger partial charge in [0.25, 0.3) is 0 Å². The van der Waals surface area contributed by atoms with Crippen molar-refractivity contribution in [3.8, 4) is 0 Å². The summed E-state index contributed by atoms with van der Waals surface area (Å²) in [6.07, 6.45) is 13.8. The monoisotopic (exact) mass is 846 g/mol. The standard InChI is InChI=1S/C49H72N4O8/c1-47(2,3)61-46(55)51-27-30-57-32-34-59-36-38-60-37-35-58-33-31-56-29-26-50-45(54)25-13-10-18-28-53-42-22-17-15-20-40(42)49(6,7)44(53)24-12-9-11-23-43-48(4,5)39-19-14-16-21-41(39)52(43)8/h9,11-12,14-17,19-24H,10,13,18,25-38H2,1-8H3,(H-,50,51,54,55)/p+1. The number of rotatable bonds is 27. The summed E-state index contributed by atoms with van der Waals surface area (Å²) in [5.74, 6) is 0.0572. The zero-order valence-electron chi connectivity index (χ0n) is 38.2. The molecule has 2 heterocycles. The number of carbonyl (C=O) groups is 2. The third kappa shape index (κ3) is 15.8. The van der Waals surface area contributed by atoms with Crippen LogP contribution in [0.15, 0.2) is 84.6 Å². The normalized spacial score (nSPS) is 16.2. The third-order valence-corrected chi connectivity index (χ3v) is 10.7. The number of anilines is 1. The molecular formula is C49H73N4O8+. The van der Waals surface area contributed by atoms with Crippen molar-refractivity contribution in [1.82, 2.24) is 10.6 Å². The first kappa shape index (κ1) is 49.3. The first-order valence-corrected chi connectivity index (χ1v) is 22.0. The summed E-state index contributed by atoms with van der Waals surface area (Å²) in [4.78, 5) is 26.5. The molecule has 2 aliphatic rings. The van der Waals surface area contributed by atoms with Gasteiger partial charge >= 0.3 is 6.09 Å². The molecule has 2 N–H and O–H groups in total. The molecule has 12 heteroatoms. The number of nitrogens with zero attached hydrogens (tertiary/aromatic N) is 2. The van der Waals surface area contributed by atoms with Gasteiger partial charge in [-0.3, -0.25) is 4.79 Å². The van der Waals surface area contributed by atoms with Crippen LogP contribution in [0.3, 0.4) is 0 Å². The Bertz CT molecular complexity index is 1810. The van der Waals surface area contributed by atoms with Gasteiger partial charge in [0.05, 0.1) is 71.5 Å². The van der Waals surface area contributed by atoms with Crippen molar-refractivity contribution in [3.05, 3.63) is 95.7 Å². The summed E-state index contributed by atoms with van der Waals surface area (Å²) in [5, 5.41) is 5.61. The molecule has 2 aliphatic heterocycles. The molecule has 0 radical (unpaired) electrons. The van der Waals surface area contributed by atoms with Crippen molar-refractivity contribution < 1.29 is 42.6 Å². The first-order valence-electron chi connectivity index (χ1n) is 22.0. The second-order valence-electron chi connectivity index (χ2n) is 17.3. The fourth-order valence-corrected chi connectivity index (χ4v) is 7.65. The zero-order chi connectivity index (χ0) is 44.1. The Kier molecular flexibility index (Phi) is 20.2. The second-order valence-corrected chi connectivity index (χ2v) is 17.3. The molecule has 0 spiro atoms. The number of unbranched alkanes of at least 4 members (excludes halogenated alkanes) is 2. The van der Waals surface area contributed by atoms with Crippen molar-refractivity contribution in [2.45, 2.75) is 90.6 Å². The number of fused-ring (bicyclic) bond motifs is 2. The first-order chi connectivity index (χ1) is 29.2. The topological polar surface area (TPSA) is 120 Å². The lowest BCUT2D eigenvalue weighted by Gasteiger charge is -2.27. The molecule has 0 aliphatic carbocycles. The molecule has 0 aromatic heterocycles. The van der Waals surface area contributed by atoms with Gasteiger partial charge in [0, 0.05) is 60.6 Å². The molecule has 2 aromatic carbocycles. The van der Waals surface area contributed by atoms with Crippen LogP contribution in [0.5, 0.6) is 0 Å². The number of alkyl carbamates (subject to hydrolysis) is 1. The van der Waals surface area contributed by atoms with Gasteiger partial charge in [-0.25, -0.2) is 4.79 Å². The lowest BCUT2D eigenvalue weighted by molar-refractivity contribution is -0.401. The zero-order valence-corrected chi connectivity index (χ0v) is 38.2.